The molecule has 0 radical (unpaired) electrons. The van der Waals surface area contributed by atoms with Crippen molar-refractivity contribution in [2.24, 2.45) is 0 Å². The fraction of sp³-hybridized carbons (Fsp3) is 0.200. The third-order valence-corrected chi connectivity index (χ3v) is 7.15. The Morgan fingerprint density at radius 3 is 2.56 bits per heavy atom. The van der Waals surface area contributed by atoms with Gasteiger partial charge in [0.1, 0.15) is 17.6 Å². The molecule has 2 aromatic heterocycles. The van der Waals surface area contributed by atoms with Gasteiger partial charge in [0.15, 0.2) is 5.11 Å². The summed E-state index contributed by atoms with van der Waals surface area (Å²) in [5.41, 5.74) is 5.16. The van der Waals surface area contributed by atoms with Gasteiger partial charge in [0.05, 0.1) is 17.3 Å². The highest BCUT2D eigenvalue weighted by Crippen LogP contribution is 2.43. The molecule has 9 heteroatoms. The summed E-state index contributed by atoms with van der Waals surface area (Å²) in [6.07, 6.45) is 2.14. The molecule has 2 atom stereocenters. The summed E-state index contributed by atoms with van der Waals surface area (Å²) in [6.45, 7) is 5.62. The third kappa shape index (κ3) is 5.13. The topological polar surface area (TPSA) is 108 Å². The molecule has 0 saturated carbocycles. The Hall–Kier alpha value is -4.50. The molecule has 0 aliphatic carbocycles. The summed E-state index contributed by atoms with van der Waals surface area (Å²) in [7, 11) is 0. The van der Waals surface area contributed by atoms with Gasteiger partial charge in [0.25, 0.3) is 0 Å². The van der Waals surface area contributed by atoms with Crippen LogP contribution in [0.3, 0.4) is 0 Å². The second-order valence-corrected chi connectivity index (χ2v) is 9.82. The lowest BCUT2D eigenvalue weighted by Crippen LogP contribution is -2.29. The number of benzene rings is 2. The van der Waals surface area contributed by atoms with Crippen molar-refractivity contribution in [3.63, 3.8) is 0 Å². The van der Waals surface area contributed by atoms with Gasteiger partial charge in [0.2, 0.25) is 5.91 Å². The van der Waals surface area contributed by atoms with Crippen LogP contribution >= 0.6 is 12.2 Å². The van der Waals surface area contributed by atoms with E-state index >= 15 is 0 Å². The van der Waals surface area contributed by atoms with Crippen molar-refractivity contribution in [1.82, 2.24) is 10.3 Å². The number of carboxylic acids is 1. The zero-order valence-electron chi connectivity index (χ0n) is 21.8. The quantitative estimate of drug-likeness (QED) is 0.239. The average Bonchev–Trinajstić information content (AvgIpc) is 3.54. The van der Waals surface area contributed by atoms with Gasteiger partial charge < -0.3 is 25.1 Å². The van der Waals surface area contributed by atoms with Gasteiger partial charge in [-0.05, 0) is 91.8 Å². The number of nitrogens with one attached hydrogen (secondary N) is 2. The van der Waals surface area contributed by atoms with Crippen LogP contribution in [0, 0.1) is 13.8 Å². The number of thiocarbonyl (C=S) groups is 1. The maximum atomic E-state index is 12.0. The Bertz CT molecular complexity index is 1570. The number of hydrogen-bond acceptors (Lipinski definition) is 5. The van der Waals surface area contributed by atoms with E-state index in [0.29, 0.717) is 23.1 Å². The Morgan fingerprint density at radius 1 is 1.08 bits per heavy atom. The molecule has 1 saturated heterocycles. The number of furan rings is 1. The molecule has 3 heterocycles. The molecule has 1 aliphatic heterocycles. The van der Waals surface area contributed by atoms with Gasteiger partial charge in [-0.2, -0.15) is 0 Å². The fourth-order valence-electron chi connectivity index (χ4n) is 4.83. The highest BCUT2D eigenvalue weighted by atomic mass is 32.1. The number of aromatic carboxylic acids is 1. The average molecular weight is 541 g/mol. The van der Waals surface area contributed by atoms with Crippen LogP contribution in [0.2, 0.25) is 0 Å². The molecule has 0 spiro atoms. The molecule has 0 unspecified atom stereocenters. The third-order valence-electron chi connectivity index (χ3n) is 6.84. The van der Waals surface area contributed by atoms with Crippen LogP contribution in [0.25, 0.3) is 11.3 Å². The molecule has 4 aromatic rings. The fourth-order valence-corrected chi connectivity index (χ4v) is 5.17. The number of rotatable bonds is 7. The lowest BCUT2D eigenvalue weighted by Gasteiger charge is -2.27. The maximum absolute atomic E-state index is 12.0. The molecular weight excluding hydrogens is 512 g/mol. The largest absolute Gasteiger partial charge is 0.478 e. The van der Waals surface area contributed by atoms with Gasteiger partial charge in [-0.3, -0.25) is 9.78 Å². The molecule has 198 valence electrons. The number of nitrogens with zero attached hydrogens (tertiary/aromatic N) is 2. The van der Waals surface area contributed by atoms with Gasteiger partial charge in [-0.25, -0.2) is 4.79 Å². The highest BCUT2D eigenvalue weighted by molar-refractivity contribution is 7.80. The van der Waals surface area contributed by atoms with Crippen molar-refractivity contribution < 1.29 is 19.1 Å². The zero-order chi connectivity index (χ0) is 27.7. The number of pyridine rings is 1. The minimum Gasteiger partial charge on any atom is -0.478 e. The van der Waals surface area contributed by atoms with Crippen LogP contribution in [0.5, 0.6) is 0 Å². The predicted molar refractivity (Wildman–Crippen MR) is 154 cm³/mol. The summed E-state index contributed by atoms with van der Waals surface area (Å²) >= 11 is 5.82. The number of carbonyl (C=O) groups excluding carboxylic acids is 1. The molecule has 1 amide bonds. The van der Waals surface area contributed by atoms with Crippen LogP contribution < -0.4 is 15.5 Å². The number of carbonyl (C=O) groups is 2. The summed E-state index contributed by atoms with van der Waals surface area (Å²) in [6, 6.07) is 19.7. The number of aryl methyl sites for hydroxylation is 2. The van der Waals surface area contributed by atoms with Crippen LogP contribution in [-0.4, -0.2) is 27.1 Å². The Labute approximate surface area is 231 Å². The van der Waals surface area contributed by atoms with Crippen molar-refractivity contribution >= 4 is 40.6 Å². The predicted octanol–water partition coefficient (Wildman–Crippen LogP) is 6.18. The van der Waals surface area contributed by atoms with E-state index in [0.717, 1.165) is 33.8 Å². The van der Waals surface area contributed by atoms with E-state index in [-0.39, 0.29) is 23.6 Å². The van der Waals surface area contributed by atoms with E-state index in [1.54, 1.807) is 24.4 Å². The van der Waals surface area contributed by atoms with Gasteiger partial charge >= 0.3 is 5.97 Å². The molecule has 39 heavy (non-hydrogen) atoms. The molecule has 0 bridgehead atoms. The first kappa shape index (κ1) is 26.1. The number of amides is 1. The molecule has 1 fully saturated rings. The second-order valence-electron chi connectivity index (χ2n) is 9.43. The van der Waals surface area contributed by atoms with E-state index in [1.807, 2.05) is 74.2 Å². The molecule has 3 N–H and O–H groups in total. The molecule has 2 aromatic carbocycles. The van der Waals surface area contributed by atoms with Crippen LogP contribution in [-0.2, 0) is 4.79 Å². The van der Waals surface area contributed by atoms with Gasteiger partial charge in [-0.1, -0.05) is 19.1 Å². The smallest absolute Gasteiger partial charge is 0.335 e. The van der Waals surface area contributed by atoms with E-state index in [1.165, 1.54) is 0 Å². The minimum atomic E-state index is -0.972. The SMILES string of the molecule is CCC(=O)Nc1ccc(N2C(=S)N[C@@H](c3ccccn3)[C@H]2c2ccc(-c3ccc(C(=O)O)cc3C)o2)cc1C. The second kappa shape index (κ2) is 10.7. The number of hydrogen-bond donors (Lipinski definition) is 3. The Morgan fingerprint density at radius 2 is 1.90 bits per heavy atom. The van der Waals surface area contributed by atoms with Crippen molar-refractivity contribution in [1.29, 1.82) is 0 Å². The van der Waals surface area contributed by atoms with Gasteiger partial charge in [-0.15, -0.1) is 0 Å². The molecule has 5 rings (SSSR count). The zero-order valence-corrected chi connectivity index (χ0v) is 22.6. The van der Waals surface area contributed by atoms with Crippen molar-refractivity contribution in [2.45, 2.75) is 39.3 Å². The first-order valence-corrected chi connectivity index (χ1v) is 13.0. The summed E-state index contributed by atoms with van der Waals surface area (Å²) < 4.78 is 6.43. The lowest BCUT2D eigenvalue weighted by molar-refractivity contribution is -0.115. The summed E-state index contributed by atoms with van der Waals surface area (Å²) in [5.74, 6) is 0.286. The van der Waals surface area contributed by atoms with E-state index in [9.17, 15) is 14.7 Å². The maximum Gasteiger partial charge on any atom is 0.335 e. The lowest BCUT2D eigenvalue weighted by atomic mass is 10.0. The minimum absolute atomic E-state index is 0.0490. The monoisotopic (exact) mass is 540 g/mol. The standard InChI is InChI=1S/C30H28N4O4S/c1-4-26(35)32-22-11-9-20(16-18(22)3)34-28(27(33-30(34)39)23-7-5-6-14-31-23)25-13-12-24(38-25)21-10-8-19(29(36)37)15-17(21)2/h5-16,27-28H,4H2,1-3H3,(H,32,35)(H,33,39)(H,36,37)/t27-,28+/m0/s1. The highest BCUT2D eigenvalue weighted by Gasteiger charge is 2.42. The van der Waals surface area contributed by atoms with Crippen molar-refractivity contribution in [2.75, 3.05) is 10.2 Å². The van der Waals surface area contributed by atoms with E-state index in [4.69, 9.17) is 16.6 Å². The Kier molecular flexibility index (Phi) is 7.17. The summed E-state index contributed by atoms with van der Waals surface area (Å²) in [4.78, 5) is 29.9. The van der Waals surface area contributed by atoms with Crippen molar-refractivity contribution in [3.8, 4) is 11.3 Å². The normalized spacial score (nSPS) is 16.7. The van der Waals surface area contributed by atoms with E-state index in [2.05, 4.69) is 15.6 Å². The summed E-state index contributed by atoms with van der Waals surface area (Å²) in [5, 5.41) is 16.2. The first-order chi connectivity index (χ1) is 18.8. The van der Waals surface area contributed by atoms with E-state index < -0.39 is 5.97 Å². The first-order valence-electron chi connectivity index (χ1n) is 12.6. The molecule has 8 nitrogen and oxygen atoms in total. The number of aromatic nitrogens is 1. The number of anilines is 2. The number of carboxylic acid groups (broad SMARTS) is 1. The molecule has 1 aliphatic rings. The van der Waals surface area contributed by atoms with Gasteiger partial charge in [0, 0.05) is 29.6 Å². The Balaban J connectivity index is 1.56. The van der Waals surface area contributed by atoms with Crippen LogP contribution in [0.15, 0.2) is 77.3 Å². The van der Waals surface area contributed by atoms with Crippen LogP contribution in [0.1, 0.15) is 58.4 Å². The van der Waals surface area contributed by atoms with Crippen LogP contribution in [0.4, 0.5) is 11.4 Å². The molecular formula is C30H28N4O4S. The van der Waals surface area contributed by atoms with Crippen molar-refractivity contribution in [3.05, 3.63) is 101 Å².